The molecule has 2 rings (SSSR count). The molecule has 1 aliphatic carbocycles. The molecule has 0 radical (unpaired) electrons. The minimum absolute atomic E-state index is 0.171. The van der Waals surface area contributed by atoms with Crippen molar-refractivity contribution in [1.82, 2.24) is 10.0 Å². The molecule has 19 heavy (non-hydrogen) atoms. The van der Waals surface area contributed by atoms with Crippen LogP contribution in [-0.4, -0.2) is 31.5 Å². The first-order valence-electron chi connectivity index (χ1n) is 6.01. The Morgan fingerprint density at radius 1 is 1.37 bits per heavy atom. The molecule has 104 valence electrons. The van der Waals surface area contributed by atoms with Gasteiger partial charge in [-0.15, -0.1) is 0 Å². The number of hydrogen-bond acceptors (Lipinski definition) is 4. The summed E-state index contributed by atoms with van der Waals surface area (Å²) < 4.78 is 26.3. The maximum atomic E-state index is 12.0. The van der Waals surface area contributed by atoms with E-state index >= 15 is 0 Å². The molecular weight excluding hydrogens is 268 g/mol. The number of phenolic OH excluding ortho intramolecular Hbond substituents is 1. The van der Waals surface area contributed by atoms with E-state index in [1.807, 2.05) is 0 Å². The second-order valence-corrected chi connectivity index (χ2v) is 6.28. The monoisotopic (exact) mass is 284 g/mol. The van der Waals surface area contributed by atoms with E-state index < -0.39 is 16.1 Å². The molecule has 1 aliphatic rings. The lowest BCUT2D eigenvalue weighted by Crippen LogP contribution is -2.45. The van der Waals surface area contributed by atoms with E-state index in [0.29, 0.717) is 0 Å². The van der Waals surface area contributed by atoms with Crippen LogP contribution in [0.15, 0.2) is 29.2 Å². The Hall–Kier alpha value is -1.60. The number of amides is 1. The van der Waals surface area contributed by atoms with Crippen molar-refractivity contribution in [3.05, 3.63) is 24.3 Å². The van der Waals surface area contributed by atoms with Crippen molar-refractivity contribution >= 4 is 15.9 Å². The molecule has 1 aromatic carbocycles. The Balaban J connectivity index is 2.08. The molecule has 1 saturated carbocycles. The van der Waals surface area contributed by atoms with Crippen molar-refractivity contribution in [2.75, 3.05) is 0 Å². The summed E-state index contributed by atoms with van der Waals surface area (Å²) >= 11 is 0. The fraction of sp³-hybridized carbons (Fsp3) is 0.417. The summed E-state index contributed by atoms with van der Waals surface area (Å²) in [6.07, 6.45) is 1.87. The van der Waals surface area contributed by atoms with Crippen LogP contribution in [0.5, 0.6) is 5.75 Å². The molecule has 1 unspecified atom stereocenters. The predicted molar refractivity (Wildman–Crippen MR) is 69.1 cm³/mol. The summed E-state index contributed by atoms with van der Waals surface area (Å²) in [5, 5.41) is 12.2. The topological polar surface area (TPSA) is 95.5 Å². The SMILES string of the molecule is CC(NS(=O)(=O)c1ccccc1O)C(=O)NC1CC1. The van der Waals surface area contributed by atoms with Crippen LogP contribution >= 0.6 is 0 Å². The Kier molecular flexibility index (Phi) is 3.77. The number of benzene rings is 1. The molecule has 0 aromatic heterocycles. The molecule has 0 spiro atoms. The molecule has 0 aliphatic heterocycles. The Morgan fingerprint density at radius 3 is 2.58 bits per heavy atom. The summed E-state index contributed by atoms with van der Waals surface area (Å²) in [5.41, 5.74) is 0. The number of phenols is 1. The lowest BCUT2D eigenvalue weighted by atomic mass is 10.3. The Morgan fingerprint density at radius 2 is 2.00 bits per heavy atom. The smallest absolute Gasteiger partial charge is 0.244 e. The highest BCUT2D eigenvalue weighted by molar-refractivity contribution is 7.89. The van der Waals surface area contributed by atoms with Crippen LogP contribution in [0.25, 0.3) is 0 Å². The van der Waals surface area contributed by atoms with Gasteiger partial charge < -0.3 is 10.4 Å². The number of hydrogen-bond donors (Lipinski definition) is 3. The van der Waals surface area contributed by atoms with E-state index in [1.165, 1.54) is 31.2 Å². The number of nitrogens with one attached hydrogen (secondary N) is 2. The van der Waals surface area contributed by atoms with Gasteiger partial charge in [-0.1, -0.05) is 12.1 Å². The highest BCUT2D eigenvalue weighted by atomic mass is 32.2. The summed E-state index contributed by atoms with van der Waals surface area (Å²) in [4.78, 5) is 11.5. The molecule has 1 atom stereocenters. The highest BCUT2D eigenvalue weighted by Gasteiger charge is 2.28. The summed E-state index contributed by atoms with van der Waals surface area (Å²) in [7, 11) is -3.91. The molecule has 0 heterocycles. The Labute approximate surface area is 111 Å². The van der Waals surface area contributed by atoms with Crippen LogP contribution in [-0.2, 0) is 14.8 Å². The van der Waals surface area contributed by atoms with Crippen molar-refractivity contribution < 1.29 is 18.3 Å². The van der Waals surface area contributed by atoms with Gasteiger partial charge in [-0.3, -0.25) is 4.79 Å². The summed E-state index contributed by atoms with van der Waals surface area (Å²) in [5.74, 6) is -0.703. The maximum Gasteiger partial charge on any atom is 0.244 e. The number of rotatable bonds is 5. The third-order valence-electron chi connectivity index (χ3n) is 2.80. The molecule has 6 nitrogen and oxygen atoms in total. The number of sulfonamides is 1. The van der Waals surface area contributed by atoms with Gasteiger partial charge in [0.2, 0.25) is 15.9 Å². The van der Waals surface area contributed by atoms with Gasteiger partial charge >= 0.3 is 0 Å². The van der Waals surface area contributed by atoms with Gasteiger partial charge in [0.05, 0.1) is 6.04 Å². The van der Waals surface area contributed by atoms with E-state index in [4.69, 9.17) is 0 Å². The molecule has 0 bridgehead atoms. The van der Waals surface area contributed by atoms with E-state index in [1.54, 1.807) is 0 Å². The van der Waals surface area contributed by atoms with Gasteiger partial charge in [-0.2, -0.15) is 4.72 Å². The highest BCUT2D eigenvalue weighted by Crippen LogP contribution is 2.22. The largest absolute Gasteiger partial charge is 0.507 e. The molecule has 7 heteroatoms. The first-order chi connectivity index (χ1) is 8.90. The minimum atomic E-state index is -3.91. The normalized spacial score (nSPS) is 16.9. The number of para-hydroxylation sites is 1. The second kappa shape index (κ2) is 5.18. The summed E-state index contributed by atoms with van der Waals surface area (Å²) in [6.45, 7) is 1.47. The maximum absolute atomic E-state index is 12.0. The zero-order valence-electron chi connectivity index (χ0n) is 10.5. The summed E-state index contributed by atoms with van der Waals surface area (Å²) in [6, 6.07) is 4.88. The van der Waals surface area contributed by atoms with Crippen LogP contribution in [0.1, 0.15) is 19.8 Å². The third-order valence-corrected chi connectivity index (χ3v) is 4.39. The van der Waals surface area contributed by atoms with Crippen molar-refractivity contribution in [3.8, 4) is 5.75 Å². The van der Waals surface area contributed by atoms with Crippen molar-refractivity contribution in [2.24, 2.45) is 0 Å². The Bertz CT molecular complexity index is 581. The van der Waals surface area contributed by atoms with Gasteiger partial charge in [0.15, 0.2) is 0 Å². The predicted octanol–water partition coefficient (Wildman–Crippen LogP) is 0.338. The van der Waals surface area contributed by atoms with Gasteiger partial charge in [0.1, 0.15) is 10.6 Å². The van der Waals surface area contributed by atoms with E-state index in [9.17, 15) is 18.3 Å². The van der Waals surface area contributed by atoms with Crippen LogP contribution in [0.4, 0.5) is 0 Å². The molecule has 0 saturated heterocycles. The average Bonchev–Trinajstić information content (AvgIpc) is 3.12. The van der Waals surface area contributed by atoms with Crippen LogP contribution in [0.3, 0.4) is 0 Å². The zero-order chi connectivity index (χ0) is 14.0. The van der Waals surface area contributed by atoms with Gasteiger partial charge in [0.25, 0.3) is 0 Å². The molecule has 3 N–H and O–H groups in total. The number of carbonyl (C=O) groups is 1. The molecule has 1 aromatic rings. The number of aromatic hydroxyl groups is 1. The first kappa shape index (κ1) is 13.8. The minimum Gasteiger partial charge on any atom is -0.507 e. The van der Waals surface area contributed by atoms with Crippen LogP contribution in [0, 0.1) is 0 Å². The molecule has 1 amide bonds. The van der Waals surface area contributed by atoms with Gasteiger partial charge in [-0.25, -0.2) is 8.42 Å². The van der Waals surface area contributed by atoms with Gasteiger partial charge in [-0.05, 0) is 31.9 Å². The zero-order valence-corrected chi connectivity index (χ0v) is 11.3. The lowest BCUT2D eigenvalue weighted by molar-refractivity contribution is -0.122. The van der Waals surface area contributed by atoms with E-state index in [2.05, 4.69) is 10.0 Å². The van der Waals surface area contributed by atoms with Crippen LogP contribution < -0.4 is 10.0 Å². The quantitative estimate of drug-likeness (QED) is 0.726. The van der Waals surface area contributed by atoms with E-state index in [-0.39, 0.29) is 22.6 Å². The van der Waals surface area contributed by atoms with Crippen molar-refractivity contribution in [2.45, 2.75) is 36.7 Å². The fourth-order valence-corrected chi connectivity index (χ4v) is 2.89. The standard InChI is InChI=1S/C12H16N2O4S/c1-8(12(16)13-9-6-7-9)14-19(17,18)11-5-3-2-4-10(11)15/h2-5,8-9,14-15H,6-7H2,1H3,(H,13,16). The first-order valence-corrected chi connectivity index (χ1v) is 7.49. The lowest BCUT2D eigenvalue weighted by Gasteiger charge is -2.14. The second-order valence-electron chi connectivity index (χ2n) is 4.59. The van der Waals surface area contributed by atoms with Gasteiger partial charge in [0, 0.05) is 6.04 Å². The molecule has 1 fully saturated rings. The fourth-order valence-electron chi connectivity index (χ4n) is 1.59. The van der Waals surface area contributed by atoms with Crippen molar-refractivity contribution in [1.29, 1.82) is 0 Å². The van der Waals surface area contributed by atoms with Crippen LogP contribution in [0.2, 0.25) is 0 Å². The van der Waals surface area contributed by atoms with E-state index in [0.717, 1.165) is 12.8 Å². The average molecular weight is 284 g/mol. The molecular formula is C12H16N2O4S. The third kappa shape index (κ3) is 3.45. The number of carbonyl (C=O) groups excluding carboxylic acids is 1. The van der Waals surface area contributed by atoms with Crippen molar-refractivity contribution in [3.63, 3.8) is 0 Å².